The van der Waals surface area contributed by atoms with E-state index in [-0.39, 0.29) is 12.6 Å². The minimum atomic E-state index is 0.122. The molecule has 1 aromatic heterocycles. The second kappa shape index (κ2) is 6.20. The summed E-state index contributed by atoms with van der Waals surface area (Å²) in [6.45, 7) is 3.95. The van der Waals surface area contributed by atoms with E-state index in [1.54, 1.807) is 6.20 Å². The Labute approximate surface area is 112 Å². The summed E-state index contributed by atoms with van der Waals surface area (Å²) >= 11 is 6.16. The number of hydrogen-bond donors (Lipinski definition) is 2. The summed E-state index contributed by atoms with van der Waals surface area (Å²) in [5, 5.41) is 13.0. The topological polar surface area (TPSA) is 61.3 Å². The highest BCUT2D eigenvalue weighted by atomic mass is 35.5. The van der Waals surface area contributed by atoms with Crippen molar-refractivity contribution in [2.75, 3.05) is 29.9 Å². The molecule has 0 spiro atoms. The van der Waals surface area contributed by atoms with Gasteiger partial charge in [0.15, 0.2) is 5.82 Å². The lowest BCUT2D eigenvalue weighted by molar-refractivity contribution is 0.266. The second-order valence-corrected chi connectivity index (χ2v) is 4.87. The van der Waals surface area contributed by atoms with Gasteiger partial charge in [-0.3, -0.25) is 0 Å². The first-order valence-corrected chi connectivity index (χ1v) is 6.78. The van der Waals surface area contributed by atoms with Crippen LogP contribution in [0.5, 0.6) is 0 Å². The third-order valence-corrected chi connectivity index (χ3v) is 3.39. The number of aromatic nitrogens is 2. The summed E-state index contributed by atoms with van der Waals surface area (Å²) in [5.74, 6) is 1.32. The van der Waals surface area contributed by atoms with Crippen molar-refractivity contribution >= 4 is 23.4 Å². The lowest BCUT2D eigenvalue weighted by atomic mass is 10.2. The van der Waals surface area contributed by atoms with Crippen LogP contribution in [0.3, 0.4) is 0 Å². The number of nitrogens with one attached hydrogen (secondary N) is 1. The SMILES string of the molecule is CCCNc1ncc(Cl)c(N2CCCC2CO)n1. The predicted molar refractivity (Wildman–Crippen MR) is 73.3 cm³/mol. The van der Waals surface area contributed by atoms with Crippen LogP contribution in [0.2, 0.25) is 5.02 Å². The van der Waals surface area contributed by atoms with Crippen LogP contribution in [0.4, 0.5) is 11.8 Å². The Morgan fingerprint density at radius 2 is 2.44 bits per heavy atom. The summed E-state index contributed by atoms with van der Waals surface area (Å²) in [7, 11) is 0. The average molecular weight is 271 g/mol. The maximum atomic E-state index is 9.36. The van der Waals surface area contributed by atoms with Gasteiger partial charge in [0.1, 0.15) is 5.02 Å². The van der Waals surface area contributed by atoms with Gasteiger partial charge in [0.05, 0.1) is 18.8 Å². The first kappa shape index (κ1) is 13.4. The number of aliphatic hydroxyl groups excluding tert-OH is 1. The normalized spacial score (nSPS) is 19.3. The van der Waals surface area contributed by atoms with Gasteiger partial charge in [-0.15, -0.1) is 0 Å². The fourth-order valence-corrected chi connectivity index (χ4v) is 2.39. The van der Waals surface area contributed by atoms with Gasteiger partial charge in [-0.25, -0.2) is 4.98 Å². The van der Waals surface area contributed by atoms with Crippen molar-refractivity contribution in [2.45, 2.75) is 32.2 Å². The fourth-order valence-electron chi connectivity index (χ4n) is 2.19. The summed E-state index contributed by atoms with van der Waals surface area (Å²) in [6, 6.07) is 0.122. The Morgan fingerprint density at radius 1 is 1.61 bits per heavy atom. The van der Waals surface area contributed by atoms with Gasteiger partial charge < -0.3 is 15.3 Å². The molecule has 6 heteroatoms. The summed E-state index contributed by atoms with van der Waals surface area (Å²) < 4.78 is 0. The summed E-state index contributed by atoms with van der Waals surface area (Å²) in [5.41, 5.74) is 0. The maximum absolute atomic E-state index is 9.36. The molecule has 0 saturated carbocycles. The van der Waals surface area contributed by atoms with Crippen LogP contribution >= 0.6 is 11.6 Å². The smallest absolute Gasteiger partial charge is 0.224 e. The van der Waals surface area contributed by atoms with E-state index < -0.39 is 0 Å². The minimum absolute atomic E-state index is 0.122. The van der Waals surface area contributed by atoms with Crippen LogP contribution in [0.1, 0.15) is 26.2 Å². The van der Waals surface area contributed by atoms with Crippen molar-refractivity contribution in [1.29, 1.82) is 0 Å². The zero-order valence-corrected chi connectivity index (χ0v) is 11.3. The number of nitrogens with zero attached hydrogens (tertiary/aromatic N) is 3. The molecular weight excluding hydrogens is 252 g/mol. The molecule has 2 heterocycles. The first-order valence-electron chi connectivity index (χ1n) is 6.40. The molecule has 1 unspecified atom stereocenters. The van der Waals surface area contributed by atoms with Crippen molar-refractivity contribution in [3.8, 4) is 0 Å². The second-order valence-electron chi connectivity index (χ2n) is 4.46. The van der Waals surface area contributed by atoms with Gasteiger partial charge in [-0.2, -0.15) is 4.98 Å². The van der Waals surface area contributed by atoms with E-state index in [2.05, 4.69) is 27.1 Å². The predicted octanol–water partition coefficient (Wildman–Crippen LogP) is 1.91. The molecule has 2 N–H and O–H groups in total. The molecule has 0 aliphatic carbocycles. The number of anilines is 2. The molecule has 2 rings (SSSR count). The van der Waals surface area contributed by atoms with Gasteiger partial charge in [0.2, 0.25) is 5.95 Å². The van der Waals surface area contributed by atoms with Gasteiger partial charge >= 0.3 is 0 Å². The quantitative estimate of drug-likeness (QED) is 0.856. The molecule has 1 atom stereocenters. The average Bonchev–Trinajstić information content (AvgIpc) is 2.86. The van der Waals surface area contributed by atoms with Crippen LogP contribution in [0.25, 0.3) is 0 Å². The molecule has 5 nitrogen and oxygen atoms in total. The van der Waals surface area contributed by atoms with E-state index in [1.807, 2.05) is 0 Å². The molecule has 0 amide bonds. The molecule has 0 bridgehead atoms. The van der Waals surface area contributed by atoms with Crippen LogP contribution in [-0.2, 0) is 0 Å². The molecular formula is C12H19ClN4O. The fraction of sp³-hybridized carbons (Fsp3) is 0.667. The molecule has 1 saturated heterocycles. The Hall–Kier alpha value is -1.07. The minimum Gasteiger partial charge on any atom is -0.394 e. The van der Waals surface area contributed by atoms with Crippen LogP contribution in [-0.4, -0.2) is 40.8 Å². The molecule has 0 aromatic carbocycles. The van der Waals surface area contributed by atoms with Crippen molar-refractivity contribution in [1.82, 2.24) is 9.97 Å². The lowest BCUT2D eigenvalue weighted by Crippen LogP contribution is -2.33. The van der Waals surface area contributed by atoms with E-state index in [0.717, 1.165) is 38.2 Å². The molecule has 1 aromatic rings. The monoisotopic (exact) mass is 270 g/mol. The number of rotatable bonds is 5. The Balaban J connectivity index is 2.20. The number of halogens is 1. The Bertz CT molecular complexity index is 402. The highest BCUT2D eigenvalue weighted by Gasteiger charge is 2.27. The van der Waals surface area contributed by atoms with Gasteiger partial charge in [-0.1, -0.05) is 18.5 Å². The van der Waals surface area contributed by atoms with Gasteiger partial charge in [0, 0.05) is 13.1 Å². The highest BCUT2D eigenvalue weighted by Crippen LogP contribution is 2.30. The van der Waals surface area contributed by atoms with Crippen LogP contribution in [0.15, 0.2) is 6.20 Å². The summed E-state index contributed by atoms with van der Waals surface area (Å²) in [4.78, 5) is 10.7. The van der Waals surface area contributed by atoms with E-state index in [1.165, 1.54) is 0 Å². The highest BCUT2D eigenvalue weighted by molar-refractivity contribution is 6.32. The van der Waals surface area contributed by atoms with Crippen LogP contribution in [0, 0.1) is 0 Å². The zero-order valence-electron chi connectivity index (χ0n) is 10.6. The molecule has 1 aliphatic heterocycles. The van der Waals surface area contributed by atoms with E-state index in [0.29, 0.717) is 11.0 Å². The van der Waals surface area contributed by atoms with Gasteiger partial charge in [0.25, 0.3) is 0 Å². The number of aliphatic hydroxyl groups is 1. The largest absolute Gasteiger partial charge is 0.394 e. The van der Waals surface area contributed by atoms with Crippen molar-refractivity contribution in [3.63, 3.8) is 0 Å². The third kappa shape index (κ3) is 2.84. The van der Waals surface area contributed by atoms with E-state index in [9.17, 15) is 5.11 Å². The zero-order chi connectivity index (χ0) is 13.0. The lowest BCUT2D eigenvalue weighted by Gasteiger charge is -2.25. The van der Waals surface area contributed by atoms with Gasteiger partial charge in [-0.05, 0) is 19.3 Å². The molecule has 18 heavy (non-hydrogen) atoms. The van der Waals surface area contributed by atoms with Crippen molar-refractivity contribution < 1.29 is 5.11 Å². The number of hydrogen-bond acceptors (Lipinski definition) is 5. The Morgan fingerprint density at radius 3 is 3.17 bits per heavy atom. The van der Waals surface area contributed by atoms with Crippen molar-refractivity contribution in [3.05, 3.63) is 11.2 Å². The molecule has 0 radical (unpaired) electrons. The van der Waals surface area contributed by atoms with E-state index in [4.69, 9.17) is 11.6 Å². The summed E-state index contributed by atoms with van der Waals surface area (Å²) in [6.07, 6.45) is 4.68. The Kier molecular flexibility index (Phi) is 4.60. The molecule has 1 fully saturated rings. The molecule has 100 valence electrons. The van der Waals surface area contributed by atoms with E-state index >= 15 is 0 Å². The third-order valence-electron chi connectivity index (χ3n) is 3.12. The van der Waals surface area contributed by atoms with Crippen LogP contribution < -0.4 is 10.2 Å². The molecule has 1 aliphatic rings. The first-order chi connectivity index (χ1) is 8.76. The maximum Gasteiger partial charge on any atom is 0.224 e. The standard InChI is InChI=1S/C12H19ClN4O/c1-2-5-14-12-15-7-10(13)11(16-12)17-6-3-4-9(17)8-18/h7,9,18H,2-6,8H2,1H3,(H,14,15,16). The van der Waals surface area contributed by atoms with Crippen molar-refractivity contribution in [2.24, 2.45) is 0 Å².